The van der Waals surface area contributed by atoms with Crippen LogP contribution in [-0.2, 0) is 18.1 Å². The van der Waals surface area contributed by atoms with Gasteiger partial charge in [0.2, 0.25) is 0 Å². The Morgan fingerprint density at radius 2 is 1.39 bits per heavy atom. The largest absolute Gasteiger partial charge is 0.418 e. The second-order valence-electron chi connectivity index (χ2n) is 7.02. The van der Waals surface area contributed by atoms with E-state index >= 15 is 0 Å². The summed E-state index contributed by atoms with van der Waals surface area (Å²) in [6.45, 7) is 0. The fraction of sp³-hybridized carbons (Fsp3) is 0.130. The summed E-state index contributed by atoms with van der Waals surface area (Å²) in [4.78, 5) is 8.81. The van der Waals surface area contributed by atoms with Crippen molar-refractivity contribution in [1.29, 1.82) is 0 Å². The topological polar surface area (TPSA) is 37.8 Å². The molecule has 3 aromatic carbocycles. The van der Waals surface area contributed by atoms with Gasteiger partial charge in [-0.2, -0.15) is 26.3 Å². The van der Waals surface area contributed by atoms with E-state index in [0.29, 0.717) is 16.5 Å². The molecule has 1 heterocycles. The van der Waals surface area contributed by atoms with E-state index in [-0.39, 0.29) is 22.4 Å². The van der Waals surface area contributed by atoms with Crippen molar-refractivity contribution in [3.8, 4) is 0 Å². The van der Waals surface area contributed by atoms with Crippen molar-refractivity contribution in [2.75, 3.05) is 5.32 Å². The summed E-state index contributed by atoms with van der Waals surface area (Å²) < 4.78 is 78.4. The number of hydrogen-bond acceptors (Lipinski definition) is 4. The van der Waals surface area contributed by atoms with Crippen molar-refractivity contribution >= 4 is 34.2 Å². The van der Waals surface area contributed by atoms with Crippen LogP contribution in [0.15, 0.2) is 78.0 Å². The molecular weight excluding hydrogens is 464 g/mol. The zero-order chi connectivity index (χ0) is 23.6. The maximum Gasteiger partial charge on any atom is 0.418 e. The maximum absolute atomic E-state index is 13.4. The quantitative estimate of drug-likeness (QED) is 0.181. The van der Waals surface area contributed by atoms with Crippen LogP contribution in [0.4, 0.5) is 37.8 Å². The van der Waals surface area contributed by atoms with E-state index in [1.54, 1.807) is 24.3 Å². The van der Waals surface area contributed by atoms with Gasteiger partial charge in [0.1, 0.15) is 5.82 Å². The van der Waals surface area contributed by atoms with Gasteiger partial charge in [0.25, 0.3) is 0 Å². The van der Waals surface area contributed by atoms with Crippen LogP contribution in [0, 0.1) is 0 Å². The summed E-state index contributed by atoms with van der Waals surface area (Å²) in [5.74, 6) is 0.488. The number of aromatic nitrogens is 2. The van der Waals surface area contributed by atoms with Gasteiger partial charge in [0.05, 0.1) is 22.3 Å². The van der Waals surface area contributed by atoms with Gasteiger partial charge in [0, 0.05) is 11.1 Å². The highest BCUT2D eigenvalue weighted by Crippen LogP contribution is 2.37. The highest BCUT2D eigenvalue weighted by molar-refractivity contribution is 7.98. The van der Waals surface area contributed by atoms with Gasteiger partial charge in [-0.15, -0.1) is 0 Å². The monoisotopic (exact) mass is 479 g/mol. The van der Waals surface area contributed by atoms with E-state index in [1.807, 2.05) is 0 Å². The third-order valence-corrected chi connectivity index (χ3v) is 5.64. The Bertz CT molecular complexity index is 1270. The molecule has 0 bridgehead atoms. The number of benzene rings is 3. The lowest BCUT2D eigenvalue weighted by molar-refractivity contribution is -0.138. The lowest BCUT2D eigenvalue weighted by atomic mass is 10.1. The smallest absolute Gasteiger partial charge is 0.339 e. The predicted octanol–water partition coefficient (Wildman–Crippen LogP) is 7.70. The molecule has 0 aliphatic carbocycles. The summed E-state index contributed by atoms with van der Waals surface area (Å²) in [5, 5.41) is 3.59. The highest BCUT2D eigenvalue weighted by atomic mass is 32.2. The zero-order valence-corrected chi connectivity index (χ0v) is 17.5. The number of fused-ring (bicyclic) bond motifs is 1. The van der Waals surface area contributed by atoms with Gasteiger partial charge in [-0.25, -0.2) is 9.97 Å². The summed E-state index contributed by atoms with van der Waals surface area (Å²) in [6.07, 6.45) is -8.97. The molecule has 0 aliphatic rings. The number of alkyl halides is 6. The molecule has 3 nitrogen and oxygen atoms in total. The summed E-state index contributed by atoms with van der Waals surface area (Å²) in [7, 11) is 0. The minimum atomic E-state index is -4.55. The molecule has 4 rings (SSSR count). The van der Waals surface area contributed by atoms with Crippen LogP contribution in [-0.4, -0.2) is 9.97 Å². The van der Waals surface area contributed by atoms with E-state index < -0.39 is 23.5 Å². The van der Waals surface area contributed by atoms with E-state index in [2.05, 4.69) is 15.3 Å². The Morgan fingerprint density at radius 3 is 2.09 bits per heavy atom. The molecule has 170 valence electrons. The molecule has 1 N–H and O–H groups in total. The van der Waals surface area contributed by atoms with Crippen molar-refractivity contribution < 1.29 is 26.3 Å². The van der Waals surface area contributed by atoms with E-state index in [9.17, 15) is 26.3 Å². The molecule has 1 aromatic heterocycles. The van der Waals surface area contributed by atoms with Gasteiger partial charge in [-0.05, 0) is 42.0 Å². The van der Waals surface area contributed by atoms with Crippen LogP contribution in [0.2, 0.25) is 0 Å². The van der Waals surface area contributed by atoms with Crippen LogP contribution in [0.25, 0.3) is 10.9 Å². The van der Waals surface area contributed by atoms with Gasteiger partial charge in [-0.1, -0.05) is 48.2 Å². The lowest BCUT2D eigenvalue weighted by Gasteiger charge is -2.15. The van der Waals surface area contributed by atoms with Crippen molar-refractivity contribution in [1.82, 2.24) is 9.97 Å². The second-order valence-corrected chi connectivity index (χ2v) is 7.97. The third-order valence-electron chi connectivity index (χ3n) is 4.72. The number of anilines is 2. The van der Waals surface area contributed by atoms with E-state index in [0.717, 1.165) is 18.2 Å². The number of nitrogens with zero attached hydrogens (tertiary/aromatic N) is 2. The first kappa shape index (κ1) is 22.9. The van der Waals surface area contributed by atoms with Crippen LogP contribution in [0.1, 0.15) is 16.7 Å². The molecule has 0 saturated heterocycles. The fourth-order valence-corrected chi connectivity index (χ4v) is 3.93. The highest BCUT2D eigenvalue weighted by Gasteiger charge is 2.33. The maximum atomic E-state index is 13.4. The standard InChI is InChI=1S/C23H15F6N3S/c24-22(25,26)15-11-9-14(10-12-15)13-33-21-31-18-7-3-1-5-16(18)20(32-21)30-19-8-4-2-6-17(19)23(27,28)29/h1-12H,13H2,(H,30,31,32). The molecule has 0 fully saturated rings. The Labute approximate surface area is 188 Å². The summed E-state index contributed by atoms with van der Waals surface area (Å²) >= 11 is 1.17. The van der Waals surface area contributed by atoms with Crippen molar-refractivity contribution in [2.45, 2.75) is 23.3 Å². The fourth-order valence-electron chi connectivity index (χ4n) is 3.12. The van der Waals surface area contributed by atoms with Crippen molar-refractivity contribution in [3.63, 3.8) is 0 Å². The Kier molecular flexibility index (Phi) is 6.20. The molecule has 0 amide bonds. The molecule has 10 heteroatoms. The predicted molar refractivity (Wildman–Crippen MR) is 115 cm³/mol. The average molecular weight is 479 g/mol. The average Bonchev–Trinajstić information content (AvgIpc) is 2.77. The second kappa shape index (κ2) is 8.93. The minimum Gasteiger partial charge on any atom is -0.339 e. The molecule has 0 aliphatic heterocycles. The SMILES string of the molecule is FC(F)(F)c1ccc(CSc2nc(Nc3ccccc3C(F)(F)F)c3ccccc3n2)cc1. The van der Waals surface area contributed by atoms with Gasteiger partial charge in [0.15, 0.2) is 5.16 Å². The molecule has 0 atom stereocenters. The minimum absolute atomic E-state index is 0.146. The molecule has 0 radical (unpaired) electrons. The van der Waals surface area contributed by atoms with E-state index in [1.165, 1.54) is 42.1 Å². The Balaban J connectivity index is 1.63. The number of nitrogens with one attached hydrogen (secondary N) is 1. The van der Waals surface area contributed by atoms with Crippen LogP contribution in [0.3, 0.4) is 0 Å². The van der Waals surface area contributed by atoms with Crippen molar-refractivity contribution in [2.24, 2.45) is 0 Å². The first-order valence-corrected chi connectivity index (χ1v) is 10.6. The molecule has 0 saturated carbocycles. The lowest BCUT2D eigenvalue weighted by Crippen LogP contribution is -2.09. The summed E-state index contributed by atoms with van der Waals surface area (Å²) in [6, 6.07) is 16.7. The van der Waals surface area contributed by atoms with Crippen LogP contribution < -0.4 is 5.32 Å². The van der Waals surface area contributed by atoms with Gasteiger partial charge < -0.3 is 5.32 Å². The van der Waals surface area contributed by atoms with E-state index in [4.69, 9.17) is 0 Å². The summed E-state index contributed by atoms with van der Waals surface area (Å²) in [5.41, 5.74) is -0.566. The molecule has 4 aromatic rings. The molecule has 0 spiro atoms. The molecule has 0 unspecified atom stereocenters. The number of rotatable bonds is 5. The Hall–Kier alpha value is -3.27. The zero-order valence-electron chi connectivity index (χ0n) is 16.7. The normalized spacial score (nSPS) is 12.2. The van der Waals surface area contributed by atoms with Crippen LogP contribution in [0.5, 0.6) is 0 Å². The first-order valence-electron chi connectivity index (χ1n) is 9.60. The number of hydrogen-bond donors (Lipinski definition) is 1. The molecular formula is C23H15F6N3S. The Morgan fingerprint density at radius 1 is 0.727 bits per heavy atom. The van der Waals surface area contributed by atoms with Crippen molar-refractivity contribution in [3.05, 3.63) is 89.5 Å². The number of para-hydroxylation sites is 2. The number of halogens is 6. The van der Waals surface area contributed by atoms with Crippen LogP contribution >= 0.6 is 11.8 Å². The van der Waals surface area contributed by atoms with Gasteiger partial charge in [-0.3, -0.25) is 0 Å². The van der Waals surface area contributed by atoms with Gasteiger partial charge >= 0.3 is 12.4 Å². The first-order chi connectivity index (χ1) is 15.6. The third kappa shape index (κ3) is 5.39. The molecule has 33 heavy (non-hydrogen) atoms. The number of thioether (sulfide) groups is 1.